The van der Waals surface area contributed by atoms with Crippen molar-refractivity contribution in [1.82, 2.24) is 20.1 Å². The number of nitrogens with one attached hydrogen (secondary N) is 1. The minimum atomic E-state index is 0.186. The maximum Gasteiger partial charge on any atom is 0.237 e. The molecule has 3 aliphatic rings. The smallest absolute Gasteiger partial charge is 0.237 e. The van der Waals surface area contributed by atoms with Crippen LogP contribution in [0.5, 0.6) is 0 Å². The first-order valence-electron chi connectivity index (χ1n) is 12.2. The Morgan fingerprint density at radius 3 is 2.72 bits per heavy atom. The molecule has 2 bridgehead atoms. The number of pyridine rings is 1. The number of piperidine rings is 1. The molecular weight excluding hydrogens is 396 g/mol. The highest BCUT2D eigenvalue weighted by Crippen LogP contribution is 2.52. The fraction of sp³-hybridized carbons (Fsp3) is 0.556. The lowest BCUT2D eigenvalue weighted by Gasteiger charge is -2.43. The Kier molecular flexibility index (Phi) is 6.04. The molecule has 1 aromatic heterocycles. The first kappa shape index (κ1) is 21.6. The van der Waals surface area contributed by atoms with Gasteiger partial charge in [-0.3, -0.25) is 14.7 Å². The average Bonchev–Trinajstić information content (AvgIpc) is 2.94. The summed E-state index contributed by atoms with van der Waals surface area (Å²) in [6, 6.07) is 16.3. The van der Waals surface area contributed by atoms with E-state index in [0.29, 0.717) is 24.7 Å². The molecule has 3 fully saturated rings. The van der Waals surface area contributed by atoms with Gasteiger partial charge in [0.2, 0.25) is 5.91 Å². The van der Waals surface area contributed by atoms with Gasteiger partial charge in [0.25, 0.3) is 0 Å². The number of likely N-dealkylation sites (tertiary alicyclic amines) is 1. The quantitative estimate of drug-likeness (QED) is 0.757. The van der Waals surface area contributed by atoms with E-state index in [1.807, 2.05) is 19.3 Å². The van der Waals surface area contributed by atoms with E-state index in [1.165, 1.54) is 24.8 Å². The molecule has 0 spiro atoms. The molecule has 1 aromatic carbocycles. The van der Waals surface area contributed by atoms with Gasteiger partial charge in [0, 0.05) is 48.5 Å². The van der Waals surface area contributed by atoms with Crippen molar-refractivity contribution in [3.05, 3.63) is 66.0 Å². The first-order valence-corrected chi connectivity index (χ1v) is 12.2. The predicted octanol–water partition coefficient (Wildman–Crippen LogP) is 3.65. The number of hydrogen-bond donors (Lipinski definition) is 1. The van der Waals surface area contributed by atoms with Gasteiger partial charge in [0.05, 0.1) is 6.54 Å². The number of carbonyl (C=O) groups excluding carboxylic acids is 1. The van der Waals surface area contributed by atoms with Crippen molar-refractivity contribution in [2.75, 3.05) is 13.6 Å². The van der Waals surface area contributed by atoms with E-state index in [1.54, 1.807) is 6.20 Å². The molecule has 5 rings (SSSR count). The number of amides is 1. The standard InChI is InChI=1S/C27H36N4O/c1-27-16-23-22(15-20-9-4-3-5-10-20)29-24(27)12-6-7-13-25(27)31(23)26(32)19-30(2)18-21-11-8-14-28-17-21/h3-5,8-11,14,17,22-25,29H,6-7,12-13,15-16,18-19H2,1-2H3/t22-,23+,24-,25+,27-/m1/s1. The van der Waals surface area contributed by atoms with Gasteiger partial charge in [-0.05, 0) is 49.9 Å². The Balaban J connectivity index is 1.37. The molecular formula is C27H36N4O. The number of hydrogen-bond acceptors (Lipinski definition) is 4. The molecule has 3 heterocycles. The summed E-state index contributed by atoms with van der Waals surface area (Å²) in [6.07, 6.45) is 10.7. The van der Waals surface area contributed by atoms with Gasteiger partial charge in [-0.2, -0.15) is 0 Å². The summed E-state index contributed by atoms with van der Waals surface area (Å²) in [5, 5.41) is 4.04. The monoisotopic (exact) mass is 432 g/mol. The third-order valence-electron chi connectivity index (χ3n) is 8.17. The number of carbonyl (C=O) groups is 1. The third kappa shape index (κ3) is 4.08. The molecule has 5 atom stereocenters. The molecule has 0 radical (unpaired) electrons. The van der Waals surface area contributed by atoms with Gasteiger partial charge in [0.1, 0.15) is 0 Å². The Bertz CT molecular complexity index is 920. The molecule has 1 N–H and O–H groups in total. The Morgan fingerprint density at radius 2 is 1.94 bits per heavy atom. The lowest BCUT2D eigenvalue weighted by Crippen LogP contribution is -2.58. The minimum absolute atomic E-state index is 0.186. The van der Waals surface area contributed by atoms with Crippen LogP contribution in [0.1, 0.15) is 50.2 Å². The van der Waals surface area contributed by atoms with Crippen molar-refractivity contribution in [3.63, 3.8) is 0 Å². The molecule has 1 amide bonds. The van der Waals surface area contributed by atoms with Crippen molar-refractivity contribution in [2.24, 2.45) is 5.41 Å². The van der Waals surface area contributed by atoms with Crippen LogP contribution in [0.4, 0.5) is 0 Å². The van der Waals surface area contributed by atoms with Crippen molar-refractivity contribution in [1.29, 1.82) is 0 Å². The average molecular weight is 433 g/mol. The Labute approximate surface area is 192 Å². The van der Waals surface area contributed by atoms with E-state index >= 15 is 0 Å². The molecule has 170 valence electrons. The lowest BCUT2D eigenvalue weighted by atomic mass is 9.70. The Morgan fingerprint density at radius 1 is 1.16 bits per heavy atom. The largest absolute Gasteiger partial charge is 0.333 e. The highest BCUT2D eigenvalue weighted by atomic mass is 16.2. The van der Waals surface area contributed by atoms with Gasteiger partial charge in [0.15, 0.2) is 0 Å². The number of aromatic nitrogens is 1. The van der Waals surface area contributed by atoms with Gasteiger partial charge in [-0.25, -0.2) is 0 Å². The van der Waals surface area contributed by atoms with Crippen LogP contribution in [0.25, 0.3) is 0 Å². The van der Waals surface area contributed by atoms with E-state index < -0.39 is 0 Å². The first-order chi connectivity index (χ1) is 15.5. The van der Waals surface area contributed by atoms with Crippen LogP contribution in [0.2, 0.25) is 0 Å². The van der Waals surface area contributed by atoms with Crippen LogP contribution in [0.3, 0.4) is 0 Å². The zero-order chi connectivity index (χ0) is 22.1. The highest BCUT2D eigenvalue weighted by molar-refractivity contribution is 5.79. The Hall–Kier alpha value is -2.24. The van der Waals surface area contributed by atoms with E-state index in [4.69, 9.17) is 0 Å². The van der Waals surface area contributed by atoms with Crippen molar-refractivity contribution in [3.8, 4) is 0 Å². The summed E-state index contributed by atoms with van der Waals surface area (Å²) in [6.45, 7) is 3.65. The molecule has 0 unspecified atom stereocenters. The summed E-state index contributed by atoms with van der Waals surface area (Å²) in [7, 11) is 2.05. The lowest BCUT2D eigenvalue weighted by molar-refractivity contribution is -0.136. The van der Waals surface area contributed by atoms with Crippen LogP contribution in [0.15, 0.2) is 54.9 Å². The summed E-state index contributed by atoms with van der Waals surface area (Å²) in [4.78, 5) is 22.5. The number of fused-ring (bicyclic) bond motifs is 1. The molecule has 1 aliphatic carbocycles. The van der Waals surface area contributed by atoms with Crippen LogP contribution < -0.4 is 5.32 Å². The zero-order valence-electron chi connectivity index (χ0n) is 19.4. The van der Waals surface area contributed by atoms with Gasteiger partial charge in [-0.15, -0.1) is 0 Å². The maximum atomic E-state index is 13.8. The summed E-state index contributed by atoms with van der Waals surface area (Å²) >= 11 is 0. The van der Waals surface area contributed by atoms with Crippen LogP contribution in [-0.2, 0) is 17.8 Å². The van der Waals surface area contributed by atoms with Crippen molar-refractivity contribution >= 4 is 5.91 Å². The predicted molar refractivity (Wildman–Crippen MR) is 127 cm³/mol. The summed E-state index contributed by atoms with van der Waals surface area (Å²) in [5.74, 6) is 0.289. The summed E-state index contributed by atoms with van der Waals surface area (Å²) < 4.78 is 0. The number of nitrogens with zero attached hydrogens (tertiary/aromatic N) is 3. The van der Waals surface area contributed by atoms with Gasteiger partial charge < -0.3 is 10.2 Å². The fourth-order valence-corrected chi connectivity index (χ4v) is 6.67. The fourth-order valence-electron chi connectivity index (χ4n) is 6.67. The van der Waals surface area contributed by atoms with E-state index in [2.05, 4.69) is 63.4 Å². The van der Waals surface area contributed by atoms with E-state index in [-0.39, 0.29) is 17.4 Å². The SMILES string of the molecule is CN(CC(=O)N1[C@H]2CCCC[C@H]3N[C@H](Cc4ccccc4)[C@@H]1C[C@@]23C)Cc1cccnc1. The second-order valence-corrected chi connectivity index (χ2v) is 10.4. The van der Waals surface area contributed by atoms with E-state index in [0.717, 1.165) is 31.4 Å². The number of likely N-dealkylation sites (N-methyl/N-ethyl adjacent to an activating group) is 1. The molecule has 5 nitrogen and oxygen atoms in total. The molecule has 2 aliphatic heterocycles. The van der Waals surface area contributed by atoms with Gasteiger partial charge in [-0.1, -0.05) is 56.2 Å². The van der Waals surface area contributed by atoms with Crippen molar-refractivity contribution < 1.29 is 4.79 Å². The number of benzene rings is 1. The second kappa shape index (κ2) is 8.95. The highest BCUT2D eigenvalue weighted by Gasteiger charge is 2.60. The van der Waals surface area contributed by atoms with Gasteiger partial charge >= 0.3 is 0 Å². The summed E-state index contributed by atoms with van der Waals surface area (Å²) in [5.41, 5.74) is 2.69. The molecule has 1 saturated carbocycles. The second-order valence-electron chi connectivity index (χ2n) is 10.4. The molecule has 2 aromatic rings. The minimum Gasteiger partial charge on any atom is -0.333 e. The van der Waals surface area contributed by atoms with Crippen LogP contribution in [-0.4, -0.2) is 58.5 Å². The number of rotatable bonds is 6. The van der Waals surface area contributed by atoms with Crippen LogP contribution in [0, 0.1) is 5.41 Å². The van der Waals surface area contributed by atoms with Crippen molar-refractivity contribution in [2.45, 2.75) is 76.2 Å². The zero-order valence-corrected chi connectivity index (χ0v) is 19.4. The molecule has 2 saturated heterocycles. The third-order valence-corrected chi connectivity index (χ3v) is 8.17. The topological polar surface area (TPSA) is 48.5 Å². The maximum absolute atomic E-state index is 13.8. The van der Waals surface area contributed by atoms with E-state index in [9.17, 15) is 4.79 Å². The normalized spacial score (nSPS) is 31.5. The molecule has 32 heavy (non-hydrogen) atoms. The van der Waals surface area contributed by atoms with Crippen LogP contribution >= 0.6 is 0 Å². The molecule has 5 heteroatoms.